The van der Waals surface area contributed by atoms with Gasteiger partial charge in [-0.3, -0.25) is 4.79 Å². The summed E-state index contributed by atoms with van der Waals surface area (Å²) in [7, 11) is 0. The zero-order valence-corrected chi connectivity index (χ0v) is 4.77. The van der Waals surface area contributed by atoms with Crippen LogP contribution in [0.25, 0.3) is 0 Å². The van der Waals surface area contributed by atoms with Crippen molar-refractivity contribution in [2.45, 2.75) is 6.18 Å². The van der Waals surface area contributed by atoms with E-state index in [1.54, 1.807) is 0 Å². The number of carbonyl (C=O) groups is 1. The van der Waals surface area contributed by atoms with Crippen LogP contribution < -0.4 is 0 Å². The summed E-state index contributed by atoms with van der Waals surface area (Å²) in [5, 5.41) is 0. The molecule has 0 aromatic carbocycles. The third kappa shape index (κ3) is 1.26. The molecule has 1 aliphatic rings. The van der Waals surface area contributed by atoms with Gasteiger partial charge in [0, 0.05) is 0 Å². The average Bonchev–Trinajstić information content (AvgIpc) is 2.11. The van der Waals surface area contributed by atoms with Crippen molar-refractivity contribution in [3.63, 3.8) is 0 Å². The fourth-order valence-corrected chi connectivity index (χ4v) is 0.598. The molecular formula is C6H3F3O. The first-order chi connectivity index (χ1) is 4.50. The van der Waals surface area contributed by atoms with Gasteiger partial charge in [0.2, 0.25) is 0 Å². The van der Waals surface area contributed by atoms with Crippen LogP contribution in [0.4, 0.5) is 13.2 Å². The van der Waals surface area contributed by atoms with E-state index < -0.39 is 17.5 Å². The van der Waals surface area contributed by atoms with Crippen LogP contribution in [0.15, 0.2) is 23.8 Å². The minimum Gasteiger partial charge on any atom is -0.290 e. The largest absolute Gasteiger partial charge is 0.416 e. The van der Waals surface area contributed by atoms with E-state index in [4.69, 9.17) is 0 Å². The van der Waals surface area contributed by atoms with Crippen LogP contribution in [0, 0.1) is 0 Å². The summed E-state index contributed by atoms with van der Waals surface area (Å²) in [6.07, 6.45) is -2.16. The molecule has 10 heavy (non-hydrogen) atoms. The molecule has 0 spiro atoms. The number of halogens is 3. The summed E-state index contributed by atoms with van der Waals surface area (Å²) in [6, 6.07) is 0. The lowest BCUT2D eigenvalue weighted by molar-refractivity contribution is -0.111. The van der Waals surface area contributed by atoms with Crippen molar-refractivity contribution in [2.24, 2.45) is 0 Å². The summed E-state index contributed by atoms with van der Waals surface area (Å²) < 4.78 is 35.0. The summed E-state index contributed by atoms with van der Waals surface area (Å²) in [5.74, 6) is -0.604. The van der Waals surface area contributed by atoms with Crippen molar-refractivity contribution in [1.29, 1.82) is 0 Å². The number of carbonyl (C=O) groups excluding carboxylic acids is 1. The Labute approximate surface area is 54.8 Å². The highest BCUT2D eigenvalue weighted by atomic mass is 19.4. The number of allylic oxidation sites excluding steroid dienone is 4. The average molecular weight is 148 g/mol. The number of alkyl halides is 3. The first kappa shape index (κ1) is 7.05. The Kier molecular flexibility index (Phi) is 1.39. The topological polar surface area (TPSA) is 17.1 Å². The fourth-order valence-electron chi connectivity index (χ4n) is 0.598. The molecule has 0 saturated heterocycles. The second-order valence-electron chi connectivity index (χ2n) is 1.83. The fraction of sp³-hybridized carbons (Fsp3) is 0.167. The predicted molar refractivity (Wildman–Crippen MR) is 28.3 cm³/mol. The molecule has 0 atom stereocenters. The Balaban J connectivity index is 2.88. The van der Waals surface area contributed by atoms with Gasteiger partial charge in [-0.1, -0.05) is 0 Å². The number of rotatable bonds is 0. The molecule has 0 radical (unpaired) electrons. The van der Waals surface area contributed by atoms with Crippen LogP contribution in [0.1, 0.15) is 0 Å². The Morgan fingerprint density at radius 3 is 2.00 bits per heavy atom. The SMILES string of the molecule is O=C1C=CC(C(F)(F)F)=C1. The Morgan fingerprint density at radius 2 is 1.80 bits per heavy atom. The first-order valence-electron chi connectivity index (χ1n) is 2.51. The summed E-state index contributed by atoms with van der Waals surface area (Å²) in [6.45, 7) is 0. The van der Waals surface area contributed by atoms with Gasteiger partial charge < -0.3 is 0 Å². The molecule has 1 aliphatic carbocycles. The van der Waals surface area contributed by atoms with Crippen molar-refractivity contribution in [1.82, 2.24) is 0 Å². The van der Waals surface area contributed by atoms with Crippen LogP contribution in [0.3, 0.4) is 0 Å². The van der Waals surface area contributed by atoms with Gasteiger partial charge in [0.15, 0.2) is 5.78 Å². The van der Waals surface area contributed by atoms with Gasteiger partial charge in [0.25, 0.3) is 0 Å². The van der Waals surface area contributed by atoms with Crippen molar-refractivity contribution in [3.8, 4) is 0 Å². The number of hydrogen-bond acceptors (Lipinski definition) is 1. The van der Waals surface area contributed by atoms with Gasteiger partial charge in [-0.25, -0.2) is 0 Å². The Bertz CT molecular complexity index is 222. The Morgan fingerprint density at radius 1 is 1.20 bits per heavy atom. The van der Waals surface area contributed by atoms with Crippen LogP contribution in [0.2, 0.25) is 0 Å². The monoisotopic (exact) mass is 148 g/mol. The van der Waals surface area contributed by atoms with E-state index in [-0.39, 0.29) is 0 Å². The normalized spacial score (nSPS) is 17.9. The highest BCUT2D eigenvalue weighted by Gasteiger charge is 2.33. The van der Waals surface area contributed by atoms with Crippen molar-refractivity contribution >= 4 is 5.78 Å². The second-order valence-corrected chi connectivity index (χ2v) is 1.83. The smallest absolute Gasteiger partial charge is 0.290 e. The minimum absolute atomic E-state index is 0.569. The highest BCUT2D eigenvalue weighted by Crippen LogP contribution is 2.28. The molecule has 0 aliphatic heterocycles. The molecule has 0 heterocycles. The van der Waals surface area contributed by atoms with Crippen molar-refractivity contribution in [2.75, 3.05) is 0 Å². The summed E-state index contributed by atoms with van der Waals surface area (Å²) in [4.78, 5) is 10.2. The maximum absolute atomic E-state index is 11.7. The van der Waals surface area contributed by atoms with E-state index in [0.29, 0.717) is 6.08 Å². The van der Waals surface area contributed by atoms with Crippen LogP contribution in [0.5, 0.6) is 0 Å². The van der Waals surface area contributed by atoms with E-state index in [9.17, 15) is 18.0 Å². The third-order valence-corrected chi connectivity index (χ3v) is 1.05. The molecular weight excluding hydrogens is 145 g/mol. The zero-order chi connectivity index (χ0) is 7.78. The maximum atomic E-state index is 11.7. The maximum Gasteiger partial charge on any atom is 0.416 e. The highest BCUT2D eigenvalue weighted by molar-refractivity contribution is 6.03. The van der Waals surface area contributed by atoms with Crippen LogP contribution >= 0.6 is 0 Å². The van der Waals surface area contributed by atoms with Gasteiger partial charge in [-0.05, 0) is 18.2 Å². The molecule has 0 aromatic heterocycles. The molecule has 1 rings (SSSR count). The van der Waals surface area contributed by atoms with E-state index in [0.717, 1.165) is 12.2 Å². The van der Waals surface area contributed by atoms with Crippen LogP contribution in [-0.2, 0) is 4.79 Å². The van der Waals surface area contributed by atoms with Crippen LogP contribution in [-0.4, -0.2) is 12.0 Å². The van der Waals surface area contributed by atoms with E-state index >= 15 is 0 Å². The molecule has 0 N–H and O–H groups in total. The second kappa shape index (κ2) is 1.97. The molecule has 0 unspecified atom stereocenters. The lowest BCUT2D eigenvalue weighted by Crippen LogP contribution is -2.08. The molecule has 1 nitrogen and oxygen atoms in total. The molecule has 0 amide bonds. The standard InChI is InChI=1S/C6H3F3O/c7-6(8,9)4-1-2-5(10)3-4/h1-3H. The van der Waals surface area contributed by atoms with Gasteiger partial charge >= 0.3 is 6.18 Å². The van der Waals surface area contributed by atoms with Gasteiger partial charge in [0.05, 0.1) is 5.57 Å². The summed E-state index contributed by atoms with van der Waals surface area (Å²) >= 11 is 0. The molecule has 0 aromatic rings. The van der Waals surface area contributed by atoms with E-state index in [1.807, 2.05) is 0 Å². The lowest BCUT2D eigenvalue weighted by Gasteiger charge is -2.02. The molecule has 0 saturated carbocycles. The lowest BCUT2D eigenvalue weighted by atomic mass is 10.3. The van der Waals surface area contributed by atoms with Gasteiger partial charge in [-0.2, -0.15) is 13.2 Å². The van der Waals surface area contributed by atoms with E-state index in [1.165, 1.54) is 0 Å². The molecule has 0 fully saturated rings. The molecule has 54 valence electrons. The van der Waals surface area contributed by atoms with Gasteiger partial charge in [-0.15, -0.1) is 0 Å². The molecule has 4 heteroatoms. The van der Waals surface area contributed by atoms with Crippen molar-refractivity contribution < 1.29 is 18.0 Å². The van der Waals surface area contributed by atoms with E-state index in [2.05, 4.69) is 0 Å². The first-order valence-corrected chi connectivity index (χ1v) is 2.51. The van der Waals surface area contributed by atoms with Gasteiger partial charge in [0.1, 0.15) is 0 Å². The number of ketones is 1. The quantitative estimate of drug-likeness (QED) is 0.510. The van der Waals surface area contributed by atoms with Crippen molar-refractivity contribution in [3.05, 3.63) is 23.8 Å². The number of hydrogen-bond donors (Lipinski definition) is 0. The predicted octanol–water partition coefficient (Wildman–Crippen LogP) is 1.61. The zero-order valence-electron chi connectivity index (χ0n) is 4.77. The third-order valence-electron chi connectivity index (χ3n) is 1.05. The Hall–Kier alpha value is -1.06. The molecule has 0 bridgehead atoms. The minimum atomic E-state index is -4.39. The summed E-state index contributed by atoms with van der Waals surface area (Å²) in [5.41, 5.74) is -0.877.